The summed E-state index contributed by atoms with van der Waals surface area (Å²) in [5.41, 5.74) is 1.40. The van der Waals surface area contributed by atoms with Crippen LogP contribution in [0.3, 0.4) is 0 Å². The molecule has 0 fully saturated rings. The Morgan fingerprint density at radius 1 is 1.26 bits per heavy atom. The molecule has 1 aromatic heterocycles. The molecule has 0 saturated carbocycles. The van der Waals surface area contributed by atoms with Crippen molar-refractivity contribution in [2.45, 2.75) is 26.4 Å². The molecule has 146 valence electrons. The van der Waals surface area contributed by atoms with Crippen LogP contribution in [0.15, 0.2) is 28.4 Å². The standard InChI is InChI=1S/C18H22N2O6S/c1-11-10-27-18(23)20(11)8-17(22)26-9-16(21)19-12(2)14-7-13(24-3)5-6-15(14)25-4/h5-7,10,12H,8-9H2,1-4H3,(H,19,21)/t12-/m1/s1. The van der Waals surface area contributed by atoms with E-state index in [4.69, 9.17) is 14.2 Å². The highest BCUT2D eigenvalue weighted by Crippen LogP contribution is 2.29. The number of nitrogens with one attached hydrogen (secondary N) is 1. The minimum absolute atomic E-state index is 0.222. The zero-order valence-corrected chi connectivity index (χ0v) is 16.4. The van der Waals surface area contributed by atoms with Crippen LogP contribution in [0.25, 0.3) is 0 Å². The summed E-state index contributed by atoms with van der Waals surface area (Å²) in [5.74, 6) is 0.123. The van der Waals surface area contributed by atoms with E-state index in [0.717, 1.165) is 16.9 Å². The molecule has 1 aromatic carbocycles. The third-order valence-corrected chi connectivity index (χ3v) is 4.79. The second kappa shape index (κ2) is 9.22. The number of benzene rings is 1. The van der Waals surface area contributed by atoms with Gasteiger partial charge in [-0.25, -0.2) is 0 Å². The summed E-state index contributed by atoms with van der Waals surface area (Å²) in [7, 11) is 3.09. The number of rotatable bonds is 8. The Kier molecular flexibility index (Phi) is 7.00. The Hall–Kier alpha value is -2.81. The lowest BCUT2D eigenvalue weighted by molar-refractivity contribution is -0.149. The molecule has 9 heteroatoms. The quantitative estimate of drug-likeness (QED) is 0.684. The summed E-state index contributed by atoms with van der Waals surface area (Å²) in [5, 5.41) is 4.40. The van der Waals surface area contributed by atoms with Gasteiger partial charge in [-0.2, -0.15) is 0 Å². The molecule has 0 spiro atoms. The number of hydrogen-bond donors (Lipinski definition) is 1. The Labute approximate surface area is 160 Å². The van der Waals surface area contributed by atoms with Crippen molar-refractivity contribution < 1.29 is 23.8 Å². The van der Waals surface area contributed by atoms with Crippen molar-refractivity contribution in [2.24, 2.45) is 0 Å². The number of carbonyl (C=O) groups is 2. The van der Waals surface area contributed by atoms with Crippen LogP contribution in [0.4, 0.5) is 0 Å². The number of aromatic nitrogens is 1. The van der Waals surface area contributed by atoms with Crippen molar-refractivity contribution in [3.8, 4) is 11.5 Å². The van der Waals surface area contributed by atoms with Crippen LogP contribution in [0.2, 0.25) is 0 Å². The number of carbonyl (C=O) groups excluding carboxylic acids is 2. The van der Waals surface area contributed by atoms with Crippen molar-refractivity contribution in [3.05, 3.63) is 44.5 Å². The van der Waals surface area contributed by atoms with E-state index in [2.05, 4.69) is 5.32 Å². The number of hydrogen-bond acceptors (Lipinski definition) is 7. The molecule has 0 aliphatic rings. The highest BCUT2D eigenvalue weighted by molar-refractivity contribution is 7.07. The molecular formula is C18H22N2O6S. The van der Waals surface area contributed by atoms with Gasteiger partial charge in [-0.05, 0) is 32.0 Å². The molecule has 27 heavy (non-hydrogen) atoms. The van der Waals surface area contributed by atoms with Gasteiger partial charge in [-0.3, -0.25) is 19.0 Å². The summed E-state index contributed by atoms with van der Waals surface area (Å²) in [6.07, 6.45) is 0. The van der Waals surface area contributed by atoms with Gasteiger partial charge in [0.1, 0.15) is 18.0 Å². The van der Waals surface area contributed by atoms with Gasteiger partial charge in [0, 0.05) is 16.6 Å². The molecule has 0 bridgehead atoms. The number of nitrogens with zero attached hydrogens (tertiary/aromatic N) is 1. The van der Waals surface area contributed by atoms with Gasteiger partial charge in [0.2, 0.25) is 0 Å². The first-order valence-corrected chi connectivity index (χ1v) is 9.05. The number of thiazole rings is 1. The smallest absolute Gasteiger partial charge is 0.326 e. The predicted octanol–water partition coefficient (Wildman–Crippen LogP) is 1.66. The van der Waals surface area contributed by atoms with Crippen LogP contribution in [-0.4, -0.2) is 37.3 Å². The van der Waals surface area contributed by atoms with Gasteiger partial charge in [0.15, 0.2) is 6.61 Å². The van der Waals surface area contributed by atoms with Gasteiger partial charge in [-0.15, -0.1) is 0 Å². The molecule has 1 amide bonds. The summed E-state index contributed by atoms with van der Waals surface area (Å²) in [6.45, 7) is 2.85. The van der Waals surface area contributed by atoms with E-state index >= 15 is 0 Å². The molecular weight excluding hydrogens is 372 g/mol. The number of ether oxygens (including phenoxy) is 3. The van der Waals surface area contributed by atoms with E-state index in [9.17, 15) is 14.4 Å². The minimum atomic E-state index is -0.652. The first kappa shape index (κ1) is 20.5. The molecule has 0 radical (unpaired) electrons. The lowest BCUT2D eigenvalue weighted by Crippen LogP contribution is -2.32. The van der Waals surface area contributed by atoms with Crippen LogP contribution in [0.1, 0.15) is 24.2 Å². The molecule has 1 N–H and O–H groups in total. The minimum Gasteiger partial charge on any atom is -0.497 e. The fourth-order valence-corrected chi connectivity index (χ4v) is 3.19. The summed E-state index contributed by atoms with van der Waals surface area (Å²) < 4.78 is 16.8. The summed E-state index contributed by atoms with van der Waals surface area (Å²) in [4.78, 5) is 35.3. The Morgan fingerprint density at radius 3 is 2.59 bits per heavy atom. The molecule has 0 aliphatic heterocycles. The van der Waals surface area contributed by atoms with Crippen molar-refractivity contribution in [1.82, 2.24) is 9.88 Å². The highest BCUT2D eigenvalue weighted by atomic mass is 32.1. The van der Waals surface area contributed by atoms with Crippen LogP contribution in [-0.2, 0) is 20.9 Å². The van der Waals surface area contributed by atoms with Crippen molar-refractivity contribution in [1.29, 1.82) is 0 Å². The van der Waals surface area contributed by atoms with Crippen molar-refractivity contribution in [3.63, 3.8) is 0 Å². The average molecular weight is 394 g/mol. The van der Waals surface area contributed by atoms with Crippen LogP contribution in [0, 0.1) is 6.92 Å². The molecule has 0 unspecified atom stereocenters. The van der Waals surface area contributed by atoms with Gasteiger partial charge in [0.25, 0.3) is 5.91 Å². The van der Waals surface area contributed by atoms with E-state index < -0.39 is 18.5 Å². The fraction of sp³-hybridized carbons (Fsp3) is 0.389. The second-order valence-electron chi connectivity index (χ2n) is 5.79. The van der Waals surface area contributed by atoms with E-state index in [1.807, 2.05) is 0 Å². The predicted molar refractivity (Wildman–Crippen MR) is 100 cm³/mol. The van der Waals surface area contributed by atoms with Crippen LogP contribution >= 0.6 is 11.3 Å². The largest absolute Gasteiger partial charge is 0.497 e. The van der Waals surface area contributed by atoms with Gasteiger partial charge in [-0.1, -0.05) is 11.3 Å². The lowest BCUT2D eigenvalue weighted by Gasteiger charge is -2.18. The molecule has 2 rings (SSSR count). The number of amides is 1. The summed E-state index contributed by atoms with van der Waals surface area (Å²) >= 11 is 1.01. The van der Waals surface area contributed by atoms with Crippen LogP contribution < -0.4 is 19.7 Å². The van der Waals surface area contributed by atoms with Crippen LogP contribution in [0.5, 0.6) is 11.5 Å². The molecule has 0 aliphatic carbocycles. The van der Waals surface area contributed by atoms with Crippen molar-refractivity contribution in [2.75, 3.05) is 20.8 Å². The monoisotopic (exact) mass is 394 g/mol. The summed E-state index contributed by atoms with van der Waals surface area (Å²) in [6, 6.07) is 4.88. The number of aryl methyl sites for hydroxylation is 1. The maximum atomic E-state index is 12.1. The average Bonchev–Trinajstić information content (AvgIpc) is 2.97. The number of esters is 1. The van der Waals surface area contributed by atoms with E-state index in [1.54, 1.807) is 44.5 Å². The molecule has 0 saturated heterocycles. The topological polar surface area (TPSA) is 95.9 Å². The second-order valence-corrected chi connectivity index (χ2v) is 6.61. The van der Waals surface area contributed by atoms with Gasteiger partial charge < -0.3 is 19.5 Å². The van der Waals surface area contributed by atoms with E-state index in [0.29, 0.717) is 17.2 Å². The molecule has 2 aromatic rings. The van der Waals surface area contributed by atoms with Gasteiger partial charge >= 0.3 is 10.8 Å². The maximum absolute atomic E-state index is 12.1. The third-order valence-electron chi connectivity index (χ3n) is 3.91. The Morgan fingerprint density at radius 2 is 2.00 bits per heavy atom. The van der Waals surface area contributed by atoms with Gasteiger partial charge in [0.05, 0.1) is 20.3 Å². The Bertz CT molecular complexity index is 873. The van der Waals surface area contributed by atoms with E-state index in [1.165, 1.54) is 11.7 Å². The maximum Gasteiger partial charge on any atom is 0.326 e. The normalized spacial score (nSPS) is 11.6. The van der Waals surface area contributed by atoms with Crippen molar-refractivity contribution >= 4 is 23.2 Å². The molecule has 1 heterocycles. The highest BCUT2D eigenvalue weighted by Gasteiger charge is 2.17. The first-order chi connectivity index (χ1) is 12.8. The fourth-order valence-electron chi connectivity index (χ4n) is 2.46. The third kappa shape index (κ3) is 5.33. The first-order valence-electron chi connectivity index (χ1n) is 8.17. The number of methoxy groups -OCH3 is 2. The Balaban J connectivity index is 1.92. The zero-order chi connectivity index (χ0) is 20.0. The molecule has 8 nitrogen and oxygen atoms in total. The van der Waals surface area contributed by atoms with E-state index in [-0.39, 0.29) is 17.5 Å². The molecule has 1 atom stereocenters. The SMILES string of the molecule is COc1ccc(OC)c([C@@H](C)NC(=O)COC(=O)Cn2c(C)csc2=O)c1. The zero-order valence-electron chi connectivity index (χ0n) is 15.6. The lowest BCUT2D eigenvalue weighted by atomic mass is 10.1.